The molecule has 3 aromatic heterocycles. The second-order valence-corrected chi connectivity index (χ2v) is 6.38. The number of amides is 1. The molecule has 0 radical (unpaired) electrons. The maximum atomic E-state index is 12.4. The van der Waals surface area contributed by atoms with Crippen LogP contribution in [0.4, 0.5) is 0 Å². The van der Waals surface area contributed by atoms with E-state index in [-0.39, 0.29) is 5.91 Å². The van der Waals surface area contributed by atoms with Gasteiger partial charge in [-0.1, -0.05) is 0 Å². The highest BCUT2D eigenvalue weighted by molar-refractivity contribution is 5.96. The number of nitrogens with zero attached hydrogens (tertiary/aromatic N) is 3. The number of carbonyl (C=O) groups is 1. The Balaban J connectivity index is 1.53. The van der Waals surface area contributed by atoms with Crippen LogP contribution in [0.15, 0.2) is 59.5 Å². The Morgan fingerprint density at radius 1 is 1.17 bits per heavy atom. The third kappa shape index (κ3) is 3.91. The molecule has 0 aliphatic heterocycles. The molecule has 1 aromatic carbocycles. The Bertz CT molecular complexity index is 1140. The van der Waals surface area contributed by atoms with Gasteiger partial charge in [0, 0.05) is 23.2 Å². The summed E-state index contributed by atoms with van der Waals surface area (Å²) in [6.45, 7) is 0.800. The predicted molar refractivity (Wildman–Crippen MR) is 106 cm³/mol. The predicted octanol–water partition coefficient (Wildman–Crippen LogP) is 3.02. The zero-order valence-electron chi connectivity index (χ0n) is 16.1. The van der Waals surface area contributed by atoms with Crippen molar-refractivity contribution in [3.05, 3.63) is 71.9 Å². The van der Waals surface area contributed by atoms with Gasteiger partial charge in [-0.25, -0.2) is 9.67 Å². The summed E-state index contributed by atoms with van der Waals surface area (Å²) in [6, 6.07) is 11.0. The molecule has 0 aliphatic carbocycles. The first-order valence-electron chi connectivity index (χ1n) is 9.01. The number of ether oxygens (including phenoxy) is 2. The van der Waals surface area contributed by atoms with Crippen LogP contribution in [0, 0.1) is 0 Å². The number of pyridine rings is 1. The molecule has 8 heteroatoms. The molecule has 0 atom stereocenters. The molecule has 0 aliphatic rings. The number of nitrogens with one attached hydrogen (secondary N) is 1. The van der Waals surface area contributed by atoms with Crippen molar-refractivity contribution in [3.63, 3.8) is 0 Å². The Kier molecular flexibility index (Phi) is 5.15. The normalized spacial score (nSPS) is 10.8. The topological polar surface area (TPSA) is 91.4 Å². The van der Waals surface area contributed by atoms with Crippen LogP contribution in [0.2, 0.25) is 0 Å². The van der Waals surface area contributed by atoms with Crippen molar-refractivity contribution in [1.82, 2.24) is 20.1 Å². The fourth-order valence-electron chi connectivity index (χ4n) is 3.04. The molecule has 3 heterocycles. The van der Waals surface area contributed by atoms with Crippen LogP contribution >= 0.6 is 0 Å². The summed E-state index contributed by atoms with van der Waals surface area (Å²) in [7, 11) is 3.23. The lowest BCUT2D eigenvalue weighted by molar-refractivity contribution is 0.0948. The molecule has 0 bridgehead atoms. The van der Waals surface area contributed by atoms with E-state index in [2.05, 4.69) is 15.4 Å². The number of fused-ring (bicyclic) bond motifs is 1. The highest BCUT2D eigenvalue weighted by atomic mass is 16.5. The van der Waals surface area contributed by atoms with Gasteiger partial charge in [0.2, 0.25) is 0 Å². The monoisotopic (exact) mass is 392 g/mol. The molecule has 0 fully saturated rings. The Morgan fingerprint density at radius 2 is 2.07 bits per heavy atom. The minimum absolute atomic E-state index is 0.222. The Labute approximate surface area is 167 Å². The first-order chi connectivity index (χ1) is 14.2. The van der Waals surface area contributed by atoms with Crippen LogP contribution in [-0.2, 0) is 13.1 Å². The van der Waals surface area contributed by atoms with Gasteiger partial charge in [0.05, 0.1) is 45.3 Å². The van der Waals surface area contributed by atoms with Gasteiger partial charge < -0.3 is 19.2 Å². The molecule has 29 heavy (non-hydrogen) atoms. The van der Waals surface area contributed by atoms with Crippen LogP contribution in [-0.4, -0.2) is 34.9 Å². The van der Waals surface area contributed by atoms with Crippen molar-refractivity contribution < 1.29 is 18.7 Å². The van der Waals surface area contributed by atoms with Gasteiger partial charge in [-0.05, 0) is 30.3 Å². The fraction of sp³-hybridized carbons (Fsp3) is 0.190. The van der Waals surface area contributed by atoms with Crippen LogP contribution in [0.25, 0.3) is 11.0 Å². The van der Waals surface area contributed by atoms with E-state index in [1.165, 1.54) is 0 Å². The van der Waals surface area contributed by atoms with Crippen molar-refractivity contribution >= 4 is 16.9 Å². The zero-order valence-corrected chi connectivity index (χ0v) is 16.1. The largest absolute Gasteiger partial charge is 0.497 e. The van der Waals surface area contributed by atoms with Crippen molar-refractivity contribution in [2.45, 2.75) is 13.1 Å². The van der Waals surface area contributed by atoms with E-state index in [4.69, 9.17) is 13.9 Å². The van der Waals surface area contributed by atoms with Crippen molar-refractivity contribution in [3.8, 4) is 11.5 Å². The number of benzene rings is 1. The van der Waals surface area contributed by atoms with Gasteiger partial charge in [-0.15, -0.1) is 0 Å². The van der Waals surface area contributed by atoms with Gasteiger partial charge in [0.1, 0.15) is 17.3 Å². The molecule has 4 aromatic rings. The number of rotatable bonds is 7. The van der Waals surface area contributed by atoms with Gasteiger partial charge in [-0.2, -0.15) is 5.10 Å². The molecule has 8 nitrogen and oxygen atoms in total. The highest BCUT2D eigenvalue weighted by Gasteiger charge is 2.13. The van der Waals surface area contributed by atoms with E-state index in [1.54, 1.807) is 55.8 Å². The molecule has 1 N–H and O–H groups in total. The minimum atomic E-state index is -0.222. The van der Waals surface area contributed by atoms with E-state index >= 15 is 0 Å². The number of aromatic nitrogens is 3. The van der Waals surface area contributed by atoms with Crippen LogP contribution < -0.4 is 14.8 Å². The lowest BCUT2D eigenvalue weighted by Gasteiger charge is -2.11. The molecule has 1 amide bonds. The molecule has 0 unspecified atom stereocenters. The number of methoxy groups -OCH3 is 2. The number of carbonyl (C=O) groups excluding carboxylic acids is 1. The highest BCUT2D eigenvalue weighted by Crippen LogP contribution is 2.26. The number of hydrogen-bond acceptors (Lipinski definition) is 6. The summed E-state index contributed by atoms with van der Waals surface area (Å²) in [4.78, 5) is 16.8. The lowest BCUT2D eigenvalue weighted by atomic mass is 10.2. The quantitative estimate of drug-likeness (QED) is 0.520. The summed E-state index contributed by atoms with van der Waals surface area (Å²) in [5, 5.41) is 8.01. The maximum Gasteiger partial charge on any atom is 0.253 e. The van der Waals surface area contributed by atoms with E-state index in [1.807, 2.05) is 18.2 Å². The third-order valence-corrected chi connectivity index (χ3v) is 4.56. The molecular formula is C21H20N4O4. The van der Waals surface area contributed by atoms with Gasteiger partial charge >= 0.3 is 0 Å². The fourth-order valence-corrected chi connectivity index (χ4v) is 3.04. The summed E-state index contributed by atoms with van der Waals surface area (Å²) in [6.07, 6.45) is 4.81. The number of furan rings is 1. The van der Waals surface area contributed by atoms with E-state index in [0.717, 1.165) is 16.7 Å². The van der Waals surface area contributed by atoms with E-state index < -0.39 is 0 Å². The van der Waals surface area contributed by atoms with Crippen molar-refractivity contribution in [2.75, 3.05) is 14.2 Å². The standard InChI is InChI=1S/C21H20N4O4/c1-27-17-6-5-14(19(9-17)28-2)13-25-20-15(11-24-25)8-16(10-22-20)21(26)23-12-18-4-3-7-29-18/h3-11H,12-13H2,1-2H3,(H,23,26). The number of hydrogen-bond donors (Lipinski definition) is 1. The minimum Gasteiger partial charge on any atom is -0.497 e. The van der Waals surface area contributed by atoms with Crippen LogP contribution in [0.5, 0.6) is 11.5 Å². The molecule has 0 saturated heterocycles. The van der Waals surface area contributed by atoms with Crippen molar-refractivity contribution in [2.24, 2.45) is 0 Å². The third-order valence-electron chi connectivity index (χ3n) is 4.56. The van der Waals surface area contributed by atoms with Crippen molar-refractivity contribution in [1.29, 1.82) is 0 Å². The Morgan fingerprint density at radius 3 is 2.83 bits per heavy atom. The first kappa shape index (κ1) is 18.5. The first-order valence-corrected chi connectivity index (χ1v) is 9.01. The van der Waals surface area contributed by atoms with Crippen LogP contribution in [0.3, 0.4) is 0 Å². The zero-order chi connectivity index (χ0) is 20.2. The molecule has 0 saturated carbocycles. The van der Waals surface area contributed by atoms with Gasteiger partial charge in [-0.3, -0.25) is 4.79 Å². The molecule has 148 valence electrons. The second-order valence-electron chi connectivity index (χ2n) is 6.38. The molecule has 0 spiro atoms. The lowest BCUT2D eigenvalue weighted by Crippen LogP contribution is -2.22. The maximum absolute atomic E-state index is 12.4. The SMILES string of the molecule is COc1ccc(Cn2ncc3cc(C(=O)NCc4ccco4)cnc32)c(OC)c1. The van der Waals surface area contributed by atoms with Gasteiger partial charge in [0.15, 0.2) is 5.65 Å². The second kappa shape index (κ2) is 8.05. The summed E-state index contributed by atoms with van der Waals surface area (Å²) in [5.74, 6) is 1.90. The van der Waals surface area contributed by atoms with Crippen LogP contribution in [0.1, 0.15) is 21.7 Å². The van der Waals surface area contributed by atoms with E-state index in [0.29, 0.717) is 35.8 Å². The Hall–Kier alpha value is -3.81. The average Bonchev–Trinajstić information content (AvgIpc) is 3.42. The molecule has 4 rings (SSSR count). The average molecular weight is 392 g/mol. The smallest absolute Gasteiger partial charge is 0.253 e. The van der Waals surface area contributed by atoms with E-state index in [9.17, 15) is 4.79 Å². The summed E-state index contributed by atoms with van der Waals surface area (Å²) < 4.78 is 17.7. The van der Waals surface area contributed by atoms with Gasteiger partial charge in [0.25, 0.3) is 5.91 Å². The summed E-state index contributed by atoms with van der Waals surface area (Å²) in [5.41, 5.74) is 2.09. The molecular weight excluding hydrogens is 372 g/mol. The summed E-state index contributed by atoms with van der Waals surface area (Å²) >= 11 is 0.